The van der Waals surface area contributed by atoms with E-state index in [1.807, 2.05) is 13.0 Å². The predicted molar refractivity (Wildman–Crippen MR) is 112 cm³/mol. The van der Waals surface area contributed by atoms with Crippen molar-refractivity contribution in [2.45, 2.75) is 40.7 Å². The number of aryl methyl sites for hydroxylation is 1. The monoisotopic (exact) mass is 377 g/mol. The molecule has 0 saturated carbocycles. The van der Waals surface area contributed by atoms with Crippen LogP contribution in [0.5, 0.6) is 0 Å². The number of fused-ring (bicyclic) bond motifs is 1. The van der Waals surface area contributed by atoms with Crippen molar-refractivity contribution in [3.05, 3.63) is 49.3 Å². The van der Waals surface area contributed by atoms with Crippen LogP contribution in [-0.2, 0) is 13.0 Å². The number of thiophene rings is 2. The van der Waals surface area contributed by atoms with E-state index in [0.717, 1.165) is 40.4 Å². The van der Waals surface area contributed by atoms with Gasteiger partial charge in [0.05, 0.1) is 15.9 Å². The maximum Gasteiger partial charge on any atom is 0.250 e. The van der Waals surface area contributed by atoms with Crippen molar-refractivity contribution < 1.29 is 0 Å². The molecule has 0 aliphatic rings. The maximum absolute atomic E-state index is 11.9. The zero-order valence-corrected chi connectivity index (χ0v) is 16.9. The Morgan fingerprint density at radius 1 is 1.32 bits per heavy atom. The number of hydrogen-bond donors (Lipinski definition) is 3. The molecule has 0 atom stereocenters. The van der Waals surface area contributed by atoms with Gasteiger partial charge in [-0.3, -0.25) is 4.79 Å². The highest BCUT2D eigenvalue weighted by atomic mass is 32.1. The van der Waals surface area contributed by atoms with Crippen LogP contribution < -0.4 is 16.6 Å². The number of hydrogen-bond acceptors (Lipinski definition) is 5. The van der Waals surface area contributed by atoms with Crippen LogP contribution in [0.2, 0.25) is 0 Å². The largest absolute Gasteiger partial charge is 0.379 e. The van der Waals surface area contributed by atoms with Crippen LogP contribution in [0.1, 0.15) is 36.1 Å². The van der Waals surface area contributed by atoms with Crippen molar-refractivity contribution in [3.8, 4) is 0 Å². The van der Waals surface area contributed by atoms with Gasteiger partial charge in [-0.1, -0.05) is 26.8 Å². The molecule has 0 unspecified atom stereocenters. The van der Waals surface area contributed by atoms with Crippen LogP contribution in [0, 0.1) is 12.8 Å². The molecule has 6 heteroatoms. The lowest BCUT2D eigenvalue weighted by molar-refractivity contribution is 0.737. The average molecular weight is 378 g/mol. The summed E-state index contributed by atoms with van der Waals surface area (Å²) >= 11 is 3.42. The van der Waals surface area contributed by atoms with E-state index in [9.17, 15) is 4.79 Å². The molecule has 0 saturated heterocycles. The van der Waals surface area contributed by atoms with E-state index in [1.54, 1.807) is 28.7 Å². The molecule has 4 N–H and O–H groups in total. The molecule has 4 nitrogen and oxygen atoms in total. The Bertz CT molecular complexity index is 845. The number of rotatable bonds is 5. The summed E-state index contributed by atoms with van der Waals surface area (Å²) < 4.78 is 1.10. The molecule has 3 aromatic heterocycles. The zero-order valence-electron chi connectivity index (χ0n) is 15.3. The first-order valence-corrected chi connectivity index (χ1v) is 10.2. The summed E-state index contributed by atoms with van der Waals surface area (Å²) in [6.45, 7) is 9.90. The fourth-order valence-corrected chi connectivity index (χ4v) is 4.27. The van der Waals surface area contributed by atoms with Crippen LogP contribution in [0.15, 0.2) is 28.4 Å². The first kappa shape index (κ1) is 19.7. The van der Waals surface area contributed by atoms with Crippen molar-refractivity contribution in [2.24, 2.45) is 11.7 Å². The Hall–Kier alpha value is -1.63. The number of H-pyrrole nitrogens is 1. The van der Waals surface area contributed by atoms with E-state index in [-0.39, 0.29) is 5.56 Å². The van der Waals surface area contributed by atoms with Crippen LogP contribution in [0.25, 0.3) is 10.2 Å². The number of nitrogens with two attached hydrogens (primary N) is 1. The highest BCUT2D eigenvalue weighted by molar-refractivity contribution is 7.19. The highest BCUT2D eigenvalue weighted by Crippen LogP contribution is 2.34. The van der Waals surface area contributed by atoms with E-state index in [2.05, 4.69) is 42.5 Å². The summed E-state index contributed by atoms with van der Waals surface area (Å²) in [6, 6.07) is 5.75. The second-order valence-electron chi connectivity index (χ2n) is 6.61. The van der Waals surface area contributed by atoms with E-state index in [1.165, 1.54) is 9.75 Å². The third kappa shape index (κ3) is 5.42. The summed E-state index contributed by atoms with van der Waals surface area (Å²) in [4.78, 5) is 17.3. The number of pyridine rings is 1. The van der Waals surface area contributed by atoms with Crippen molar-refractivity contribution >= 4 is 38.6 Å². The van der Waals surface area contributed by atoms with Gasteiger partial charge < -0.3 is 16.0 Å². The predicted octanol–water partition coefficient (Wildman–Crippen LogP) is 4.74. The van der Waals surface area contributed by atoms with Crippen molar-refractivity contribution in [1.82, 2.24) is 4.98 Å². The summed E-state index contributed by atoms with van der Waals surface area (Å²) in [7, 11) is 0. The van der Waals surface area contributed by atoms with Crippen molar-refractivity contribution in [2.75, 3.05) is 11.9 Å². The van der Waals surface area contributed by atoms with Gasteiger partial charge >= 0.3 is 0 Å². The van der Waals surface area contributed by atoms with Gasteiger partial charge in [0.2, 0.25) is 0 Å². The molecule has 0 aliphatic carbocycles. The van der Waals surface area contributed by atoms with Crippen molar-refractivity contribution in [1.29, 1.82) is 0 Å². The topological polar surface area (TPSA) is 70.9 Å². The Morgan fingerprint density at radius 3 is 2.64 bits per heavy atom. The van der Waals surface area contributed by atoms with Gasteiger partial charge in [0.25, 0.3) is 5.56 Å². The van der Waals surface area contributed by atoms with Crippen LogP contribution in [-0.4, -0.2) is 11.5 Å². The molecule has 0 radical (unpaired) electrons. The minimum Gasteiger partial charge on any atom is -0.379 e. The van der Waals surface area contributed by atoms with E-state index < -0.39 is 0 Å². The van der Waals surface area contributed by atoms with Gasteiger partial charge in [-0.05, 0) is 42.8 Å². The van der Waals surface area contributed by atoms with Gasteiger partial charge in [0, 0.05) is 22.4 Å². The molecule has 3 rings (SSSR count). The normalized spacial score (nSPS) is 10.8. The molecule has 0 aliphatic heterocycles. The van der Waals surface area contributed by atoms with Gasteiger partial charge in [-0.15, -0.1) is 22.7 Å². The van der Waals surface area contributed by atoms with Crippen LogP contribution in [0.4, 0.5) is 5.69 Å². The minimum absolute atomic E-state index is 0.0728. The van der Waals surface area contributed by atoms with Gasteiger partial charge in [-0.2, -0.15) is 0 Å². The number of aromatic amines is 1. The van der Waals surface area contributed by atoms with E-state index in [0.29, 0.717) is 6.54 Å². The quantitative estimate of drug-likeness (QED) is 0.602. The zero-order chi connectivity index (χ0) is 18.4. The maximum atomic E-state index is 11.9. The molecule has 3 heterocycles. The molecular formula is C19H27N3OS2. The average Bonchev–Trinajstić information content (AvgIpc) is 3.15. The summed E-state index contributed by atoms with van der Waals surface area (Å²) in [5.41, 5.74) is 8.56. The first-order chi connectivity index (χ1) is 11.9. The number of nitrogens with one attached hydrogen (secondary N) is 2. The lowest BCUT2D eigenvalue weighted by Gasteiger charge is -2.05. The van der Waals surface area contributed by atoms with Gasteiger partial charge in [0.15, 0.2) is 0 Å². The Labute approximate surface area is 157 Å². The fourth-order valence-electron chi connectivity index (χ4n) is 2.35. The number of aromatic nitrogens is 1. The van der Waals surface area contributed by atoms with Crippen molar-refractivity contribution in [3.63, 3.8) is 0 Å². The van der Waals surface area contributed by atoms with Crippen LogP contribution >= 0.6 is 22.7 Å². The van der Waals surface area contributed by atoms with Gasteiger partial charge in [-0.25, -0.2) is 0 Å². The molecular weight excluding hydrogens is 350 g/mol. The lowest BCUT2D eigenvalue weighted by Crippen LogP contribution is -2.07. The smallest absolute Gasteiger partial charge is 0.250 e. The Kier molecular flexibility index (Phi) is 7.23. The van der Waals surface area contributed by atoms with E-state index >= 15 is 0 Å². The molecule has 0 amide bonds. The fraction of sp³-hybridized carbons (Fsp3) is 0.421. The Morgan fingerprint density at radius 2 is 2.04 bits per heavy atom. The molecule has 0 fully saturated rings. The van der Waals surface area contributed by atoms with Gasteiger partial charge in [0.1, 0.15) is 0 Å². The number of anilines is 1. The molecule has 25 heavy (non-hydrogen) atoms. The minimum atomic E-state index is -0.0728. The highest BCUT2D eigenvalue weighted by Gasteiger charge is 2.13. The van der Waals surface area contributed by atoms with E-state index in [4.69, 9.17) is 5.73 Å². The Balaban J connectivity index is 0.000000511. The first-order valence-electron chi connectivity index (χ1n) is 8.54. The second-order valence-corrected chi connectivity index (χ2v) is 8.74. The third-order valence-electron chi connectivity index (χ3n) is 3.42. The SMILES string of the molecule is CC(C)C.Cc1c(CCN)sc2c(NCc3cccs3)cc(=O)[nH]c12. The summed E-state index contributed by atoms with van der Waals surface area (Å²) in [5.74, 6) is 0.833. The summed E-state index contributed by atoms with van der Waals surface area (Å²) in [6.07, 6.45) is 0.845. The molecule has 0 bridgehead atoms. The summed E-state index contributed by atoms with van der Waals surface area (Å²) in [5, 5.41) is 5.44. The standard InChI is InChI=1S/C15H17N3OS2.C4H10/c1-9-12(4-5-16)21-15-11(7-13(19)18-14(9)15)17-8-10-3-2-6-20-10;1-4(2)3/h2-3,6-7H,4-5,8,16H2,1H3,(H2,17,18,19);4H,1-3H3. The lowest BCUT2D eigenvalue weighted by atomic mass is 10.2. The van der Waals surface area contributed by atoms with Crippen LogP contribution in [0.3, 0.4) is 0 Å². The third-order valence-corrected chi connectivity index (χ3v) is 5.68. The molecule has 136 valence electrons. The second kappa shape index (κ2) is 9.17. The molecule has 0 aromatic carbocycles. The molecule has 0 spiro atoms. The molecule has 3 aromatic rings.